The van der Waals surface area contributed by atoms with Crippen LogP contribution in [0, 0.1) is 5.92 Å². The van der Waals surface area contributed by atoms with Crippen molar-refractivity contribution in [3.05, 3.63) is 48.0 Å². The lowest BCUT2D eigenvalue weighted by Crippen LogP contribution is -2.38. The molecule has 2 heterocycles. The topological polar surface area (TPSA) is 107 Å². The molecule has 0 saturated carbocycles. The Bertz CT molecular complexity index is 812. The van der Waals surface area contributed by atoms with Crippen molar-refractivity contribution < 1.29 is 13.2 Å². The van der Waals surface area contributed by atoms with Crippen LogP contribution in [0.4, 0.5) is 0 Å². The first-order valence-corrected chi connectivity index (χ1v) is 8.82. The lowest BCUT2D eigenvalue weighted by molar-refractivity contribution is -0.123. The first kappa shape index (κ1) is 15.7. The van der Waals surface area contributed by atoms with Gasteiger partial charge in [-0.05, 0) is 24.1 Å². The van der Waals surface area contributed by atoms with E-state index in [4.69, 9.17) is 5.73 Å². The molecule has 1 aliphatic rings. The summed E-state index contributed by atoms with van der Waals surface area (Å²) in [5, 5.41) is 0. The Morgan fingerprint density at radius 1 is 1.35 bits per heavy atom. The van der Waals surface area contributed by atoms with Gasteiger partial charge in [-0.15, -0.1) is 0 Å². The molecule has 8 heteroatoms. The summed E-state index contributed by atoms with van der Waals surface area (Å²) in [6, 6.07) is 6.18. The normalized spacial score (nSPS) is 17.5. The van der Waals surface area contributed by atoms with Crippen LogP contribution in [-0.2, 0) is 34.3 Å². The molecule has 1 aliphatic heterocycles. The minimum Gasteiger partial charge on any atom is -0.335 e. The number of amides is 1. The molecule has 0 fully saturated rings. The van der Waals surface area contributed by atoms with E-state index in [-0.39, 0.29) is 10.8 Å². The Morgan fingerprint density at radius 3 is 2.78 bits per heavy atom. The van der Waals surface area contributed by atoms with E-state index in [1.54, 1.807) is 24.7 Å². The maximum absolute atomic E-state index is 12.3. The zero-order valence-corrected chi connectivity index (χ0v) is 13.3. The molecule has 122 valence electrons. The Labute approximate surface area is 134 Å². The second-order valence-electron chi connectivity index (χ2n) is 5.59. The minimum atomic E-state index is -3.86. The van der Waals surface area contributed by atoms with Crippen molar-refractivity contribution in [1.29, 1.82) is 0 Å². The van der Waals surface area contributed by atoms with Crippen LogP contribution >= 0.6 is 0 Å². The number of imidazole rings is 1. The summed E-state index contributed by atoms with van der Waals surface area (Å²) < 4.78 is 28.8. The minimum absolute atomic E-state index is 0.0592. The standard InChI is InChI=1S/C15H18N4O3S/c16-8-11-1-3-14(4-2-11)23(21,22)18-15(20)12-5-6-19-10-17-9-13(19)7-12/h1-4,9-10,12H,5-8,16H2,(H,18,20). The maximum atomic E-state index is 12.3. The van der Waals surface area contributed by atoms with Gasteiger partial charge in [0.15, 0.2) is 0 Å². The van der Waals surface area contributed by atoms with Crippen LogP contribution in [0.3, 0.4) is 0 Å². The molecule has 0 bridgehead atoms. The number of hydrogen-bond donors (Lipinski definition) is 2. The molecular formula is C15H18N4O3S. The summed E-state index contributed by atoms with van der Waals surface area (Å²) in [5.74, 6) is -0.836. The number of sulfonamides is 1. The molecular weight excluding hydrogens is 316 g/mol. The predicted molar refractivity (Wildman–Crippen MR) is 83.7 cm³/mol. The van der Waals surface area contributed by atoms with E-state index < -0.39 is 15.9 Å². The number of fused-ring (bicyclic) bond motifs is 1. The van der Waals surface area contributed by atoms with Gasteiger partial charge < -0.3 is 10.3 Å². The highest BCUT2D eigenvalue weighted by atomic mass is 32.2. The number of aryl methyl sites for hydroxylation is 1. The summed E-state index contributed by atoms with van der Waals surface area (Å²) in [4.78, 5) is 16.4. The fraction of sp³-hybridized carbons (Fsp3) is 0.333. The molecule has 0 aliphatic carbocycles. The van der Waals surface area contributed by atoms with Crippen molar-refractivity contribution in [1.82, 2.24) is 14.3 Å². The van der Waals surface area contributed by atoms with Crippen LogP contribution in [0.15, 0.2) is 41.7 Å². The fourth-order valence-corrected chi connectivity index (χ4v) is 3.72. The zero-order valence-electron chi connectivity index (χ0n) is 12.5. The van der Waals surface area contributed by atoms with Gasteiger partial charge in [-0.1, -0.05) is 12.1 Å². The quantitative estimate of drug-likeness (QED) is 0.842. The molecule has 7 nitrogen and oxygen atoms in total. The van der Waals surface area contributed by atoms with Crippen LogP contribution in [0.5, 0.6) is 0 Å². The van der Waals surface area contributed by atoms with Crippen molar-refractivity contribution in [2.24, 2.45) is 11.7 Å². The average molecular weight is 334 g/mol. The summed E-state index contributed by atoms with van der Waals surface area (Å²) in [7, 11) is -3.86. The van der Waals surface area contributed by atoms with Gasteiger partial charge in [-0.2, -0.15) is 0 Å². The Hall–Kier alpha value is -2.19. The lowest BCUT2D eigenvalue weighted by atomic mass is 9.96. The van der Waals surface area contributed by atoms with Gasteiger partial charge in [0.05, 0.1) is 11.2 Å². The number of nitrogens with two attached hydrogens (primary N) is 1. The number of nitrogens with zero attached hydrogens (tertiary/aromatic N) is 2. The van der Waals surface area contributed by atoms with E-state index >= 15 is 0 Å². The van der Waals surface area contributed by atoms with E-state index in [2.05, 4.69) is 9.71 Å². The van der Waals surface area contributed by atoms with Gasteiger partial charge >= 0.3 is 0 Å². The highest BCUT2D eigenvalue weighted by Gasteiger charge is 2.28. The molecule has 3 rings (SSSR count). The van der Waals surface area contributed by atoms with Gasteiger partial charge in [0.25, 0.3) is 10.0 Å². The van der Waals surface area contributed by atoms with Crippen molar-refractivity contribution in [2.75, 3.05) is 0 Å². The maximum Gasteiger partial charge on any atom is 0.264 e. The van der Waals surface area contributed by atoms with Gasteiger partial charge in [0.1, 0.15) is 0 Å². The average Bonchev–Trinajstić information content (AvgIpc) is 3.02. The summed E-state index contributed by atoms with van der Waals surface area (Å²) in [5.41, 5.74) is 7.27. The predicted octanol–water partition coefficient (Wildman–Crippen LogP) is 0.409. The Kier molecular flexibility index (Phi) is 4.18. The van der Waals surface area contributed by atoms with E-state index in [9.17, 15) is 13.2 Å². The molecule has 1 amide bonds. The number of hydrogen-bond acceptors (Lipinski definition) is 5. The third-order valence-corrected chi connectivity index (χ3v) is 5.41. The number of aromatic nitrogens is 2. The third kappa shape index (κ3) is 3.27. The molecule has 1 aromatic heterocycles. The molecule has 1 atom stereocenters. The highest BCUT2D eigenvalue weighted by Crippen LogP contribution is 2.21. The van der Waals surface area contributed by atoms with E-state index in [1.807, 2.05) is 4.57 Å². The van der Waals surface area contributed by atoms with Crippen LogP contribution < -0.4 is 10.5 Å². The van der Waals surface area contributed by atoms with Crippen molar-refractivity contribution >= 4 is 15.9 Å². The first-order chi connectivity index (χ1) is 11.0. The van der Waals surface area contributed by atoms with Crippen LogP contribution in [-0.4, -0.2) is 23.9 Å². The second kappa shape index (κ2) is 6.13. The Balaban J connectivity index is 1.71. The zero-order chi connectivity index (χ0) is 16.4. The SMILES string of the molecule is NCc1ccc(S(=O)(=O)NC(=O)C2CCn3cncc3C2)cc1. The van der Waals surface area contributed by atoms with Gasteiger partial charge in [0.2, 0.25) is 5.91 Å². The smallest absolute Gasteiger partial charge is 0.264 e. The van der Waals surface area contributed by atoms with Crippen molar-refractivity contribution in [3.63, 3.8) is 0 Å². The summed E-state index contributed by atoms with van der Waals surface area (Å²) in [6.45, 7) is 1.00. The van der Waals surface area contributed by atoms with E-state index in [0.717, 1.165) is 11.3 Å². The van der Waals surface area contributed by atoms with E-state index in [1.165, 1.54) is 12.1 Å². The third-order valence-electron chi connectivity index (χ3n) is 4.05. The number of benzene rings is 1. The largest absolute Gasteiger partial charge is 0.335 e. The van der Waals surface area contributed by atoms with Gasteiger partial charge in [-0.3, -0.25) is 4.79 Å². The number of nitrogens with one attached hydrogen (secondary N) is 1. The first-order valence-electron chi connectivity index (χ1n) is 7.34. The molecule has 3 N–H and O–H groups in total. The molecule has 1 aromatic carbocycles. The summed E-state index contributed by atoms with van der Waals surface area (Å²) >= 11 is 0. The lowest BCUT2D eigenvalue weighted by Gasteiger charge is -2.22. The van der Waals surface area contributed by atoms with Crippen LogP contribution in [0.25, 0.3) is 0 Å². The monoisotopic (exact) mass is 334 g/mol. The molecule has 23 heavy (non-hydrogen) atoms. The molecule has 1 unspecified atom stereocenters. The van der Waals surface area contributed by atoms with Gasteiger partial charge in [-0.25, -0.2) is 18.1 Å². The molecule has 0 radical (unpaired) electrons. The van der Waals surface area contributed by atoms with Crippen LogP contribution in [0.2, 0.25) is 0 Å². The number of carbonyl (C=O) groups is 1. The van der Waals surface area contributed by atoms with Crippen LogP contribution in [0.1, 0.15) is 17.7 Å². The fourth-order valence-electron chi connectivity index (χ4n) is 2.67. The molecule has 2 aromatic rings. The van der Waals surface area contributed by atoms with Gasteiger partial charge in [0, 0.05) is 37.3 Å². The number of rotatable bonds is 4. The highest BCUT2D eigenvalue weighted by molar-refractivity contribution is 7.90. The van der Waals surface area contributed by atoms with Crippen molar-refractivity contribution in [2.45, 2.75) is 30.8 Å². The Morgan fingerprint density at radius 2 is 2.09 bits per heavy atom. The molecule has 0 saturated heterocycles. The number of carbonyl (C=O) groups excluding carboxylic acids is 1. The second-order valence-corrected chi connectivity index (χ2v) is 7.27. The van der Waals surface area contributed by atoms with E-state index in [0.29, 0.717) is 25.9 Å². The molecule has 0 spiro atoms. The summed E-state index contributed by atoms with van der Waals surface area (Å²) in [6.07, 6.45) is 4.52. The van der Waals surface area contributed by atoms with Crippen molar-refractivity contribution in [3.8, 4) is 0 Å².